The lowest BCUT2D eigenvalue weighted by molar-refractivity contribution is -0.126. The molecule has 1 saturated heterocycles. The van der Waals surface area contributed by atoms with Crippen molar-refractivity contribution in [3.8, 4) is 11.5 Å². The second-order valence-corrected chi connectivity index (χ2v) is 8.00. The summed E-state index contributed by atoms with van der Waals surface area (Å²) in [6.45, 7) is 4.29. The SMILES string of the molecule is COc1ccc(N2CC(C(=O)NCc3ccc(NC(=O)C(C)C)cc3)CC2=O)c(OC)c1. The van der Waals surface area contributed by atoms with Gasteiger partial charge in [0.25, 0.3) is 0 Å². The molecule has 32 heavy (non-hydrogen) atoms. The molecule has 1 aliphatic heterocycles. The third kappa shape index (κ3) is 5.38. The Labute approximate surface area is 187 Å². The molecule has 3 rings (SSSR count). The second kappa shape index (κ2) is 10.2. The maximum absolute atomic E-state index is 12.7. The Bertz CT molecular complexity index is 988. The Morgan fingerprint density at radius 1 is 1.09 bits per heavy atom. The van der Waals surface area contributed by atoms with Crippen LogP contribution in [-0.2, 0) is 20.9 Å². The van der Waals surface area contributed by atoms with Crippen molar-refractivity contribution in [2.45, 2.75) is 26.8 Å². The lowest BCUT2D eigenvalue weighted by atomic mass is 10.1. The van der Waals surface area contributed by atoms with Crippen LogP contribution in [0, 0.1) is 11.8 Å². The fourth-order valence-corrected chi connectivity index (χ4v) is 3.45. The molecule has 1 heterocycles. The van der Waals surface area contributed by atoms with Crippen LogP contribution >= 0.6 is 0 Å². The number of anilines is 2. The largest absolute Gasteiger partial charge is 0.497 e. The first-order valence-electron chi connectivity index (χ1n) is 10.5. The average molecular weight is 440 g/mol. The maximum atomic E-state index is 12.7. The van der Waals surface area contributed by atoms with E-state index in [1.165, 1.54) is 7.11 Å². The van der Waals surface area contributed by atoms with Crippen LogP contribution in [-0.4, -0.2) is 38.5 Å². The molecule has 2 aromatic rings. The average Bonchev–Trinajstić information content (AvgIpc) is 3.19. The number of nitrogens with zero attached hydrogens (tertiary/aromatic N) is 1. The summed E-state index contributed by atoms with van der Waals surface area (Å²) >= 11 is 0. The number of hydrogen-bond acceptors (Lipinski definition) is 5. The van der Waals surface area contributed by atoms with E-state index in [1.54, 1.807) is 42.3 Å². The van der Waals surface area contributed by atoms with Crippen LogP contribution in [0.3, 0.4) is 0 Å². The molecule has 8 heteroatoms. The van der Waals surface area contributed by atoms with Crippen molar-refractivity contribution < 1.29 is 23.9 Å². The minimum Gasteiger partial charge on any atom is -0.497 e. The molecule has 0 radical (unpaired) electrons. The molecule has 170 valence electrons. The molecule has 0 spiro atoms. The Kier molecular flexibility index (Phi) is 7.35. The fraction of sp³-hybridized carbons (Fsp3) is 0.375. The topological polar surface area (TPSA) is 97.0 Å². The van der Waals surface area contributed by atoms with Crippen molar-refractivity contribution in [3.63, 3.8) is 0 Å². The van der Waals surface area contributed by atoms with E-state index in [9.17, 15) is 14.4 Å². The molecule has 0 bridgehead atoms. The van der Waals surface area contributed by atoms with E-state index in [0.29, 0.717) is 29.4 Å². The highest BCUT2D eigenvalue weighted by Gasteiger charge is 2.36. The smallest absolute Gasteiger partial charge is 0.227 e. The fourth-order valence-electron chi connectivity index (χ4n) is 3.45. The minimum absolute atomic E-state index is 0.0463. The van der Waals surface area contributed by atoms with Gasteiger partial charge in [-0.25, -0.2) is 0 Å². The summed E-state index contributed by atoms with van der Waals surface area (Å²) < 4.78 is 10.6. The number of ether oxygens (including phenoxy) is 2. The van der Waals surface area contributed by atoms with Gasteiger partial charge in [-0.15, -0.1) is 0 Å². The first-order valence-corrected chi connectivity index (χ1v) is 10.5. The van der Waals surface area contributed by atoms with E-state index >= 15 is 0 Å². The summed E-state index contributed by atoms with van der Waals surface area (Å²) in [6.07, 6.45) is 0.140. The normalized spacial score (nSPS) is 15.6. The maximum Gasteiger partial charge on any atom is 0.227 e. The Morgan fingerprint density at radius 3 is 2.44 bits per heavy atom. The van der Waals surface area contributed by atoms with Crippen molar-refractivity contribution in [2.24, 2.45) is 11.8 Å². The van der Waals surface area contributed by atoms with E-state index in [0.717, 1.165) is 5.56 Å². The Morgan fingerprint density at radius 2 is 1.81 bits per heavy atom. The predicted octanol–water partition coefficient (Wildman–Crippen LogP) is 2.97. The molecular weight excluding hydrogens is 410 g/mol. The van der Waals surface area contributed by atoms with Gasteiger partial charge in [-0.05, 0) is 29.8 Å². The molecule has 0 saturated carbocycles. The van der Waals surface area contributed by atoms with Crippen LogP contribution in [0.25, 0.3) is 0 Å². The number of amides is 3. The third-order valence-corrected chi connectivity index (χ3v) is 5.39. The number of carbonyl (C=O) groups excluding carboxylic acids is 3. The molecule has 2 N–H and O–H groups in total. The standard InChI is InChI=1S/C24H29N3O5/c1-15(2)23(29)26-18-7-5-16(6-8-18)13-25-24(30)17-11-22(28)27(14-17)20-10-9-19(31-3)12-21(20)32-4/h5-10,12,15,17H,11,13-14H2,1-4H3,(H,25,30)(H,26,29). The van der Waals surface area contributed by atoms with Gasteiger partial charge < -0.3 is 25.0 Å². The summed E-state index contributed by atoms with van der Waals surface area (Å²) in [4.78, 5) is 38.6. The van der Waals surface area contributed by atoms with Crippen LogP contribution in [0.2, 0.25) is 0 Å². The van der Waals surface area contributed by atoms with Gasteiger partial charge in [0.15, 0.2) is 0 Å². The number of methoxy groups -OCH3 is 2. The summed E-state index contributed by atoms with van der Waals surface area (Å²) in [6, 6.07) is 12.5. The monoisotopic (exact) mass is 439 g/mol. The van der Waals surface area contributed by atoms with E-state index in [-0.39, 0.29) is 36.6 Å². The highest BCUT2D eigenvalue weighted by atomic mass is 16.5. The van der Waals surface area contributed by atoms with Crippen molar-refractivity contribution in [1.82, 2.24) is 5.32 Å². The molecule has 1 fully saturated rings. The van der Waals surface area contributed by atoms with Gasteiger partial charge in [0.1, 0.15) is 11.5 Å². The second-order valence-electron chi connectivity index (χ2n) is 8.00. The van der Waals surface area contributed by atoms with E-state index in [2.05, 4.69) is 10.6 Å². The van der Waals surface area contributed by atoms with Gasteiger partial charge in [-0.2, -0.15) is 0 Å². The van der Waals surface area contributed by atoms with Crippen molar-refractivity contribution in [2.75, 3.05) is 31.0 Å². The van der Waals surface area contributed by atoms with Gasteiger partial charge in [-0.3, -0.25) is 14.4 Å². The van der Waals surface area contributed by atoms with E-state index < -0.39 is 5.92 Å². The lowest BCUT2D eigenvalue weighted by Gasteiger charge is -2.20. The van der Waals surface area contributed by atoms with E-state index in [1.807, 2.05) is 26.0 Å². The summed E-state index contributed by atoms with van der Waals surface area (Å²) in [5.74, 6) is 0.253. The van der Waals surface area contributed by atoms with Crippen LogP contribution in [0.1, 0.15) is 25.8 Å². The van der Waals surface area contributed by atoms with Crippen molar-refractivity contribution >= 4 is 29.1 Å². The number of benzene rings is 2. The van der Waals surface area contributed by atoms with Gasteiger partial charge >= 0.3 is 0 Å². The minimum atomic E-state index is -0.445. The molecule has 2 aromatic carbocycles. The highest BCUT2D eigenvalue weighted by molar-refractivity contribution is 6.01. The highest BCUT2D eigenvalue weighted by Crippen LogP contribution is 2.35. The lowest BCUT2D eigenvalue weighted by Crippen LogP contribution is -2.32. The first kappa shape index (κ1) is 23.1. The molecule has 0 aliphatic carbocycles. The zero-order valence-corrected chi connectivity index (χ0v) is 18.8. The van der Waals surface area contributed by atoms with Crippen molar-refractivity contribution in [3.05, 3.63) is 48.0 Å². The molecule has 1 atom stereocenters. The molecule has 8 nitrogen and oxygen atoms in total. The van der Waals surface area contributed by atoms with Crippen LogP contribution in [0.5, 0.6) is 11.5 Å². The van der Waals surface area contributed by atoms with Gasteiger partial charge in [0.05, 0.1) is 25.8 Å². The predicted molar refractivity (Wildman–Crippen MR) is 122 cm³/mol. The first-order chi connectivity index (χ1) is 15.3. The van der Waals surface area contributed by atoms with Crippen molar-refractivity contribution in [1.29, 1.82) is 0 Å². The summed E-state index contributed by atoms with van der Waals surface area (Å²) in [7, 11) is 3.09. The van der Waals surface area contributed by atoms with E-state index in [4.69, 9.17) is 9.47 Å². The summed E-state index contributed by atoms with van der Waals surface area (Å²) in [5, 5.41) is 5.73. The third-order valence-electron chi connectivity index (χ3n) is 5.39. The molecule has 0 aromatic heterocycles. The van der Waals surface area contributed by atoms with Crippen LogP contribution in [0.15, 0.2) is 42.5 Å². The van der Waals surface area contributed by atoms with Crippen LogP contribution < -0.4 is 25.0 Å². The van der Waals surface area contributed by atoms with Gasteiger partial charge in [0, 0.05) is 37.2 Å². The quantitative estimate of drug-likeness (QED) is 0.659. The van der Waals surface area contributed by atoms with Gasteiger partial charge in [-0.1, -0.05) is 26.0 Å². The Hall–Kier alpha value is -3.55. The molecule has 1 aliphatic rings. The molecule has 3 amide bonds. The van der Waals surface area contributed by atoms with Crippen LogP contribution in [0.4, 0.5) is 11.4 Å². The number of carbonyl (C=O) groups is 3. The zero-order chi connectivity index (χ0) is 23.3. The number of hydrogen-bond donors (Lipinski definition) is 2. The Balaban J connectivity index is 1.58. The zero-order valence-electron chi connectivity index (χ0n) is 18.8. The molecule has 1 unspecified atom stereocenters. The number of rotatable bonds is 8. The summed E-state index contributed by atoms with van der Waals surface area (Å²) in [5.41, 5.74) is 2.23. The molecular formula is C24H29N3O5. The number of nitrogens with one attached hydrogen (secondary N) is 2. The van der Waals surface area contributed by atoms with Gasteiger partial charge in [0.2, 0.25) is 17.7 Å².